The maximum Gasteiger partial charge on any atom is 0.322 e. The number of aromatic nitrogens is 1. The second kappa shape index (κ2) is 5.55. The maximum atomic E-state index is 13.6. The average Bonchev–Trinajstić information content (AvgIpc) is 3.09. The third kappa shape index (κ3) is 2.74. The smallest absolute Gasteiger partial charge is 0.322 e. The minimum Gasteiger partial charge on any atom is -0.359 e. The number of hydrogen-bond donors (Lipinski definition) is 1. The van der Waals surface area contributed by atoms with Gasteiger partial charge < -0.3 is 14.7 Å². The van der Waals surface area contributed by atoms with Gasteiger partial charge in [0.05, 0.1) is 17.4 Å². The number of urea groups is 1. The van der Waals surface area contributed by atoms with Crippen LogP contribution < -0.4 is 5.32 Å². The van der Waals surface area contributed by atoms with E-state index in [-0.39, 0.29) is 17.8 Å². The predicted molar refractivity (Wildman–Crippen MR) is 75.3 cm³/mol. The topological polar surface area (TPSA) is 58.4 Å². The highest BCUT2D eigenvalue weighted by Gasteiger charge is 2.32. The Morgan fingerprint density at radius 2 is 2.29 bits per heavy atom. The summed E-state index contributed by atoms with van der Waals surface area (Å²) in [6.07, 6.45) is 1.70. The molecule has 110 valence electrons. The van der Waals surface area contributed by atoms with Crippen molar-refractivity contribution in [2.45, 2.75) is 25.8 Å². The van der Waals surface area contributed by atoms with E-state index >= 15 is 0 Å². The van der Waals surface area contributed by atoms with Gasteiger partial charge in [-0.05, 0) is 31.9 Å². The number of carbonyl (C=O) groups is 1. The molecule has 5 nitrogen and oxygen atoms in total. The van der Waals surface area contributed by atoms with E-state index in [1.54, 1.807) is 17.0 Å². The summed E-state index contributed by atoms with van der Waals surface area (Å²) < 4.78 is 18.9. The van der Waals surface area contributed by atoms with Crippen LogP contribution in [-0.4, -0.2) is 22.6 Å². The summed E-state index contributed by atoms with van der Waals surface area (Å²) in [5.41, 5.74) is 0.966. The molecule has 0 aliphatic carbocycles. The van der Waals surface area contributed by atoms with Crippen molar-refractivity contribution in [3.05, 3.63) is 47.6 Å². The third-order valence-electron chi connectivity index (χ3n) is 3.60. The number of para-hydroxylation sites is 1. The molecule has 0 spiro atoms. The summed E-state index contributed by atoms with van der Waals surface area (Å²) in [7, 11) is 0. The zero-order valence-electron chi connectivity index (χ0n) is 11.7. The van der Waals surface area contributed by atoms with Gasteiger partial charge in [0, 0.05) is 12.6 Å². The van der Waals surface area contributed by atoms with Crippen molar-refractivity contribution >= 4 is 11.7 Å². The van der Waals surface area contributed by atoms with Gasteiger partial charge in [-0.15, -0.1) is 0 Å². The number of likely N-dealkylation sites (tertiary alicyclic amines) is 1. The fraction of sp³-hybridized carbons (Fsp3) is 0.333. The Morgan fingerprint density at radius 3 is 3.00 bits per heavy atom. The van der Waals surface area contributed by atoms with Crippen molar-refractivity contribution in [2.75, 3.05) is 11.9 Å². The maximum absolute atomic E-state index is 13.6. The lowest BCUT2D eigenvalue weighted by Gasteiger charge is -2.23. The number of carbonyl (C=O) groups excluding carboxylic acids is 1. The minimum absolute atomic E-state index is 0.141. The largest absolute Gasteiger partial charge is 0.359 e. The van der Waals surface area contributed by atoms with Crippen LogP contribution in [0.4, 0.5) is 14.9 Å². The van der Waals surface area contributed by atoms with Crippen molar-refractivity contribution < 1.29 is 13.7 Å². The first-order chi connectivity index (χ1) is 10.1. The second-order valence-corrected chi connectivity index (χ2v) is 5.13. The molecule has 2 heterocycles. The number of rotatable bonds is 2. The van der Waals surface area contributed by atoms with E-state index < -0.39 is 5.82 Å². The Morgan fingerprint density at radius 1 is 1.48 bits per heavy atom. The van der Waals surface area contributed by atoms with Crippen LogP contribution in [0.15, 0.2) is 34.9 Å². The highest BCUT2D eigenvalue weighted by atomic mass is 19.1. The summed E-state index contributed by atoms with van der Waals surface area (Å²) >= 11 is 0. The third-order valence-corrected chi connectivity index (χ3v) is 3.60. The molecule has 1 atom stereocenters. The van der Waals surface area contributed by atoms with Gasteiger partial charge in [-0.3, -0.25) is 0 Å². The van der Waals surface area contributed by atoms with Crippen molar-refractivity contribution in [1.82, 2.24) is 10.1 Å². The highest BCUT2D eigenvalue weighted by Crippen LogP contribution is 2.32. The normalized spacial score (nSPS) is 18.0. The van der Waals surface area contributed by atoms with E-state index in [1.165, 1.54) is 12.1 Å². The first kappa shape index (κ1) is 13.6. The molecule has 1 aliphatic rings. The first-order valence-corrected chi connectivity index (χ1v) is 6.90. The first-order valence-electron chi connectivity index (χ1n) is 6.90. The fourth-order valence-electron chi connectivity index (χ4n) is 2.60. The Balaban J connectivity index is 1.76. The fourth-order valence-corrected chi connectivity index (χ4v) is 2.60. The summed E-state index contributed by atoms with van der Waals surface area (Å²) in [6, 6.07) is 7.49. The second-order valence-electron chi connectivity index (χ2n) is 5.13. The zero-order chi connectivity index (χ0) is 14.8. The van der Waals surface area contributed by atoms with Crippen molar-refractivity contribution in [2.24, 2.45) is 0 Å². The number of halogens is 1. The molecular weight excluding hydrogens is 273 g/mol. The molecule has 0 unspecified atom stereocenters. The van der Waals surface area contributed by atoms with Crippen LogP contribution in [0, 0.1) is 12.7 Å². The van der Waals surface area contributed by atoms with E-state index in [9.17, 15) is 9.18 Å². The van der Waals surface area contributed by atoms with Gasteiger partial charge in [0.1, 0.15) is 5.82 Å². The molecule has 6 heteroatoms. The van der Waals surface area contributed by atoms with Gasteiger partial charge in [-0.25, -0.2) is 9.18 Å². The Kier molecular flexibility index (Phi) is 3.60. The van der Waals surface area contributed by atoms with Gasteiger partial charge >= 0.3 is 6.03 Å². The van der Waals surface area contributed by atoms with Crippen LogP contribution in [0.1, 0.15) is 30.3 Å². The van der Waals surface area contributed by atoms with Gasteiger partial charge in [0.25, 0.3) is 0 Å². The number of hydrogen-bond acceptors (Lipinski definition) is 3. The molecule has 2 aromatic rings. The Bertz CT molecular complexity index is 656. The van der Waals surface area contributed by atoms with Crippen LogP contribution in [-0.2, 0) is 0 Å². The minimum atomic E-state index is -0.447. The lowest BCUT2D eigenvalue weighted by molar-refractivity contribution is 0.195. The molecule has 1 aromatic carbocycles. The molecular formula is C15H16FN3O2. The SMILES string of the molecule is Cc1cc([C@H]2CCCN2C(=O)Nc2ccccc2F)on1. The molecule has 0 saturated carbocycles. The predicted octanol–water partition coefficient (Wildman–Crippen LogP) is 3.49. The number of nitrogens with one attached hydrogen (secondary N) is 1. The quantitative estimate of drug-likeness (QED) is 0.920. The van der Waals surface area contributed by atoms with Crippen LogP contribution >= 0.6 is 0 Å². The summed E-state index contributed by atoms with van der Waals surface area (Å²) in [6.45, 7) is 2.45. The molecule has 21 heavy (non-hydrogen) atoms. The van der Waals surface area contributed by atoms with Crippen LogP contribution in [0.3, 0.4) is 0 Å². The standard InChI is InChI=1S/C15H16FN3O2/c1-10-9-14(21-18-10)13-7-4-8-19(13)15(20)17-12-6-3-2-5-11(12)16/h2-3,5-6,9,13H,4,7-8H2,1H3,(H,17,20)/t13-/m1/s1. The molecule has 1 aromatic heterocycles. The van der Waals surface area contributed by atoms with Gasteiger partial charge in [-0.2, -0.15) is 0 Å². The van der Waals surface area contributed by atoms with E-state index in [1.807, 2.05) is 13.0 Å². The monoisotopic (exact) mass is 289 g/mol. The number of benzene rings is 1. The number of anilines is 1. The molecule has 2 amide bonds. The lowest BCUT2D eigenvalue weighted by atomic mass is 10.1. The number of aryl methyl sites for hydroxylation is 1. The number of nitrogens with zero attached hydrogens (tertiary/aromatic N) is 2. The molecule has 3 rings (SSSR count). The van der Waals surface area contributed by atoms with Crippen LogP contribution in [0.5, 0.6) is 0 Å². The number of amides is 2. The van der Waals surface area contributed by atoms with E-state index in [4.69, 9.17) is 4.52 Å². The molecule has 1 fully saturated rings. The Hall–Kier alpha value is -2.37. The van der Waals surface area contributed by atoms with Crippen molar-refractivity contribution in [1.29, 1.82) is 0 Å². The van der Waals surface area contributed by atoms with Gasteiger partial charge in [0.2, 0.25) is 0 Å². The van der Waals surface area contributed by atoms with E-state index in [0.29, 0.717) is 12.3 Å². The van der Waals surface area contributed by atoms with Crippen molar-refractivity contribution in [3.8, 4) is 0 Å². The molecule has 1 aliphatic heterocycles. The van der Waals surface area contributed by atoms with E-state index in [2.05, 4.69) is 10.5 Å². The van der Waals surface area contributed by atoms with Crippen LogP contribution in [0.25, 0.3) is 0 Å². The Labute approximate surface area is 121 Å². The molecule has 0 radical (unpaired) electrons. The average molecular weight is 289 g/mol. The summed E-state index contributed by atoms with van der Waals surface area (Å²) in [5.74, 6) is 0.228. The molecule has 1 saturated heterocycles. The lowest BCUT2D eigenvalue weighted by Crippen LogP contribution is -2.34. The van der Waals surface area contributed by atoms with Gasteiger partial charge in [-0.1, -0.05) is 17.3 Å². The summed E-state index contributed by atoms with van der Waals surface area (Å²) in [5, 5.41) is 6.47. The molecule has 1 N–H and O–H groups in total. The van der Waals surface area contributed by atoms with E-state index in [0.717, 1.165) is 18.5 Å². The van der Waals surface area contributed by atoms with Crippen LogP contribution in [0.2, 0.25) is 0 Å². The summed E-state index contributed by atoms with van der Waals surface area (Å²) in [4.78, 5) is 14.0. The molecule has 0 bridgehead atoms. The van der Waals surface area contributed by atoms with Crippen molar-refractivity contribution in [3.63, 3.8) is 0 Å². The highest BCUT2D eigenvalue weighted by molar-refractivity contribution is 5.89. The van der Waals surface area contributed by atoms with Gasteiger partial charge in [0.15, 0.2) is 5.76 Å². The zero-order valence-corrected chi connectivity index (χ0v) is 11.7.